The molecule has 100 valence electrons. The SMILES string of the molecule is CCCNC1CC(OCC2CCOC2)C1(C)C. The molecule has 0 spiro atoms. The fraction of sp³-hybridized carbons (Fsp3) is 1.00. The van der Waals surface area contributed by atoms with Crippen LogP contribution in [0.3, 0.4) is 0 Å². The van der Waals surface area contributed by atoms with Crippen LogP contribution >= 0.6 is 0 Å². The van der Waals surface area contributed by atoms with Gasteiger partial charge in [0.2, 0.25) is 0 Å². The summed E-state index contributed by atoms with van der Waals surface area (Å²) in [6.45, 7) is 10.7. The van der Waals surface area contributed by atoms with Gasteiger partial charge in [-0.2, -0.15) is 0 Å². The lowest BCUT2D eigenvalue weighted by molar-refractivity contribution is -0.125. The Morgan fingerprint density at radius 1 is 1.41 bits per heavy atom. The predicted molar refractivity (Wildman–Crippen MR) is 69.1 cm³/mol. The van der Waals surface area contributed by atoms with E-state index in [1.807, 2.05) is 0 Å². The summed E-state index contributed by atoms with van der Waals surface area (Å²) in [7, 11) is 0. The van der Waals surface area contributed by atoms with E-state index in [9.17, 15) is 0 Å². The molecule has 2 fully saturated rings. The van der Waals surface area contributed by atoms with Crippen LogP contribution < -0.4 is 5.32 Å². The van der Waals surface area contributed by atoms with Crippen molar-refractivity contribution in [2.75, 3.05) is 26.4 Å². The van der Waals surface area contributed by atoms with E-state index < -0.39 is 0 Å². The fourth-order valence-electron chi connectivity index (χ4n) is 2.80. The van der Waals surface area contributed by atoms with E-state index in [-0.39, 0.29) is 5.41 Å². The van der Waals surface area contributed by atoms with Gasteiger partial charge in [-0.05, 0) is 25.8 Å². The molecule has 1 aliphatic carbocycles. The lowest BCUT2D eigenvalue weighted by Gasteiger charge is -2.52. The van der Waals surface area contributed by atoms with Gasteiger partial charge in [-0.3, -0.25) is 0 Å². The summed E-state index contributed by atoms with van der Waals surface area (Å²) >= 11 is 0. The summed E-state index contributed by atoms with van der Waals surface area (Å²) in [4.78, 5) is 0. The molecule has 3 heteroatoms. The van der Waals surface area contributed by atoms with Crippen molar-refractivity contribution in [3.63, 3.8) is 0 Å². The van der Waals surface area contributed by atoms with Crippen LogP contribution in [-0.2, 0) is 9.47 Å². The third-order valence-electron chi connectivity index (χ3n) is 4.38. The third-order valence-corrected chi connectivity index (χ3v) is 4.38. The Morgan fingerprint density at radius 3 is 2.82 bits per heavy atom. The van der Waals surface area contributed by atoms with Gasteiger partial charge in [0, 0.05) is 24.0 Å². The number of hydrogen-bond donors (Lipinski definition) is 1. The Kier molecular flexibility index (Phi) is 4.45. The van der Waals surface area contributed by atoms with E-state index in [0.717, 1.165) is 26.4 Å². The summed E-state index contributed by atoms with van der Waals surface area (Å²) < 4.78 is 11.4. The molecule has 1 heterocycles. The summed E-state index contributed by atoms with van der Waals surface area (Å²) in [5.74, 6) is 0.633. The number of hydrogen-bond acceptors (Lipinski definition) is 3. The molecule has 2 rings (SSSR count). The second kappa shape index (κ2) is 5.68. The predicted octanol–water partition coefficient (Wildman–Crippen LogP) is 2.21. The molecule has 1 saturated carbocycles. The Hall–Kier alpha value is -0.120. The molecule has 1 N–H and O–H groups in total. The molecule has 3 atom stereocenters. The normalized spacial score (nSPS) is 35.8. The molecule has 0 aromatic rings. The van der Waals surface area contributed by atoms with Crippen molar-refractivity contribution in [1.29, 1.82) is 0 Å². The standard InChI is InChI=1S/C14H27NO2/c1-4-6-15-12-8-13(14(12,2)3)17-10-11-5-7-16-9-11/h11-13,15H,4-10H2,1-3H3. The minimum atomic E-state index is 0.286. The Morgan fingerprint density at radius 2 is 2.24 bits per heavy atom. The first-order valence-electron chi connectivity index (χ1n) is 7.07. The van der Waals surface area contributed by atoms with E-state index in [2.05, 4.69) is 26.1 Å². The van der Waals surface area contributed by atoms with Crippen molar-refractivity contribution in [3.05, 3.63) is 0 Å². The Bertz CT molecular complexity index is 236. The van der Waals surface area contributed by atoms with Gasteiger partial charge in [-0.15, -0.1) is 0 Å². The third kappa shape index (κ3) is 3.01. The Labute approximate surface area is 105 Å². The van der Waals surface area contributed by atoms with Gasteiger partial charge < -0.3 is 14.8 Å². The van der Waals surface area contributed by atoms with Crippen LogP contribution in [-0.4, -0.2) is 38.5 Å². The molecule has 0 aromatic heterocycles. The van der Waals surface area contributed by atoms with Crippen molar-refractivity contribution in [2.24, 2.45) is 11.3 Å². The summed E-state index contributed by atoms with van der Waals surface area (Å²) in [6, 6.07) is 0.632. The second-order valence-electron chi connectivity index (χ2n) is 6.12. The number of rotatable bonds is 6. The van der Waals surface area contributed by atoms with Crippen molar-refractivity contribution in [3.8, 4) is 0 Å². The van der Waals surface area contributed by atoms with Crippen LogP contribution in [0.2, 0.25) is 0 Å². The molecule has 3 nitrogen and oxygen atoms in total. The van der Waals surface area contributed by atoms with Gasteiger partial charge in [-0.25, -0.2) is 0 Å². The minimum Gasteiger partial charge on any atom is -0.381 e. The maximum atomic E-state index is 6.07. The maximum absolute atomic E-state index is 6.07. The molecule has 0 amide bonds. The van der Waals surface area contributed by atoms with Gasteiger partial charge in [0.15, 0.2) is 0 Å². The molecular formula is C14H27NO2. The smallest absolute Gasteiger partial charge is 0.0656 e. The van der Waals surface area contributed by atoms with Gasteiger partial charge in [0.05, 0.1) is 19.3 Å². The first kappa shape index (κ1) is 13.3. The van der Waals surface area contributed by atoms with Crippen LogP contribution in [0.25, 0.3) is 0 Å². The second-order valence-corrected chi connectivity index (χ2v) is 6.12. The van der Waals surface area contributed by atoms with E-state index in [4.69, 9.17) is 9.47 Å². The van der Waals surface area contributed by atoms with Crippen molar-refractivity contribution in [2.45, 2.75) is 52.2 Å². The lowest BCUT2D eigenvalue weighted by Crippen LogP contribution is -2.61. The molecule has 0 radical (unpaired) electrons. The van der Waals surface area contributed by atoms with Gasteiger partial charge in [-0.1, -0.05) is 20.8 Å². The largest absolute Gasteiger partial charge is 0.381 e. The van der Waals surface area contributed by atoms with Gasteiger partial charge >= 0.3 is 0 Å². The van der Waals surface area contributed by atoms with Crippen LogP contribution in [0.1, 0.15) is 40.0 Å². The van der Waals surface area contributed by atoms with Crippen molar-refractivity contribution < 1.29 is 9.47 Å². The quantitative estimate of drug-likeness (QED) is 0.773. The minimum absolute atomic E-state index is 0.286. The topological polar surface area (TPSA) is 30.5 Å². The van der Waals surface area contributed by atoms with E-state index in [0.29, 0.717) is 18.1 Å². The fourth-order valence-corrected chi connectivity index (χ4v) is 2.80. The number of nitrogens with one attached hydrogen (secondary N) is 1. The van der Waals surface area contributed by atoms with Crippen molar-refractivity contribution in [1.82, 2.24) is 5.32 Å². The monoisotopic (exact) mass is 241 g/mol. The zero-order chi connectivity index (χ0) is 12.3. The van der Waals surface area contributed by atoms with Crippen LogP contribution in [0.4, 0.5) is 0 Å². The van der Waals surface area contributed by atoms with E-state index in [1.54, 1.807) is 0 Å². The average molecular weight is 241 g/mol. The summed E-state index contributed by atoms with van der Waals surface area (Å²) in [5, 5.41) is 3.61. The highest BCUT2D eigenvalue weighted by Gasteiger charge is 2.48. The first-order valence-corrected chi connectivity index (χ1v) is 7.07. The maximum Gasteiger partial charge on any atom is 0.0656 e. The molecular weight excluding hydrogens is 214 g/mol. The zero-order valence-corrected chi connectivity index (χ0v) is 11.5. The molecule has 1 saturated heterocycles. The van der Waals surface area contributed by atoms with E-state index >= 15 is 0 Å². The molecule has 2 aliphatic rings. The van der Waals surface area contributed by atoms with Gasteiger partial charge in [0.25, 0.3) is 0 Å². The van der Waals surface area contributed by atoms with Crippen LogP contribution in [0.5, 0.6) is 0 Å². The number of ether oxygens (including phenoxy) is 2. The molecule has 3 unspecified atom stereocenters. The average Bonchev–Trinajstić information content (AvgIpc) is 2.80. The first-order chi connectivity index (χ1) is 8.14. The molecule has 0 aromatic carbocycles. The lowest BCUT2D eigenvalue weighted by atomic mass is 9.64. The molecule has 1 aliphatic heterocycles. The highest BCUT2D eigenvalue weighted by atomic mass is 16.5. The molecule has 0 bridgehead atoms. The highest BCUT2D eigenvalue weighted by molar-refractivity contribution is 5.02. The van der Waals surface area contributed by atoms with E-state index in [1.165, 1.54) is 19.3 Å². The van der Waals surface area contributed by atoms with Crippen LogP contribution in [0, 0.1) is 11.3 Å². The highest BCUT2D eigenvalue weighted by Crippen LogP contribution is 2.43. The summed E-state index contributed by atoms with van der Waals surface area (Å²) in [6.07, 6.45) is 3.97. The summed E-state index contributed by atoms with van der Waals surface area (Å²) in [5.41, 5.74) is 0.286. The Balaban J connectivity index is 1.69. The van der Waals surface area contributed by atoms with Crippen LogP contribution in [0.15, 0.2) is 0 Å². The van der Waals surface area contributed by atoms with Crippen molar-refractivity contribution >= 4 is 0 Å². The zero-order valence-electron chi connectivity index (χ0n) is 11.5. The van der Waals surface area contributed by atoms with Gasteiger partial charge in [0.1, 0.15) is 0 Å². The molecule has 17 heavy (non-hydrogen) atoms.